The molecule has 10 aromatic carbocycles. The number of aryl methyl sites for hydroxylation is 2. The van der Waals surface area contributed by atoms with Gasteiger partial charge in [0.1, 0.15) is 23.0 Å². The number of hydrogen-bond donors (Lipinski definition) is 0. The van der Waals surface area contributed by atoms with Crippen LogP contribution in [0.15, 0.2) is 158 Å². The Kier molecular flexibility index (Phi) is 5.83. The lowest BCUT2D eigenvalue weighted by atomic mass is 9.32. The zero-order chi connectivity index (χ0) is 38.0. The molecule has 0 aliphatic carbocycles. The van der Waals surface area contributed by atoms with Crippen LogP contribution in [-0.2, 0) is 0 Å². The van der Waals surface area contributed by atoms with Gasteiger partial charge < -0.3 is 9.47 Å². The van der Waals surface area contributed by atoms with Crippen LogP contribution in [0.1, 0.15) is 11.1 Å². The maximum Gasteiger partial charge on any atom is 0.252 e. The highest BCUT2D eigenvalue weighted by Gasteiger charge is 2.44. The fourth-order valence-electron chi connectivity index (χ4n) is 11.4. The van der Waals surface area contributed by atoms with Gasteiger partial charge in [-0.2, -0.15) is 0 Å². The van der Waals surface area contributed by atoms with Gasteiger partial charge in [-0.05, 0) is 160 Å². The molecule has 0 spiro atoms. The molecule has 4 aliphatic heterocycles. The molecule has 0 radical (unpaired) electrons. The first-order valence-corrected chi connectivity index (χ1v) is 20.4. The topological polar surface area (TPSA) is 18.5 Å². The Hall–Kier alpha value is -7.03. The van der Waals surface area contributed by atoms with Gasteiger partial charge in [0.25, 0.3) is 13.4 Å². The van der Waals surface area contributed by atoms with E-state index in [1.54, 1.807) is 0 Å². The first-order chi connectivity index (χ1) is 28.6. The molecule has 4 aliphatic rings. The summed E-state index contributed by atoms with van der Waals surface area (Å²) in [7, 11) is 0. The quantitative estimate of drug-likeness (QED) is 0.130. The Balaban J connectivity index is 1.16. The summed E-state index contributed by atoms with van der Waals surface area (Å²) in [6.45, 7) is 4.74. The zero-order valence-electron chi connectivity index (χ0n) is 32.0. The highest BCUT2D eigenvalue weighted by atomic mass is 16.5. The van der Waals surface area contributed by atoms with E-state index in [4.69, 9.17) is 9.47 Å². The van der Waals surface area contributed by atoms with Gasteiger partial charge in [0.15, 0.2) is 0 Å². The molecule has 0 saturated carbocycles. The van der Waals surface area contributed by atoms with Crippen molar-refractivity contribution in [1.82, 2.24) is 0 Å². The van der Waals surface area contributed by atoms with E-state index in [-0.39, 0.29) is 13.4 Å². The number of benzene rings is 10. The van der Waals surface area contributed by atoms with Gasteiger partial charge >= 0.3 is 0 Å². The van der Waals surface area contributed by atoms with E-state index in [0.29, 0.717) is 0 Å². The molecule has 0 amide bonds. The minimum atomic E-state index is 0.0483. The Morgan fingerprint density at radius 2 is 0.741 bits per heavy atom. The standard InChI is InChI=1S/C54H32B2O2/c1-29-21-37-39-23-33(31-13-5-3-6-14-31)25-47-53(39)56(42-18-10-12-20-46(42)57-47)44-28-36-30(2)22-38-40-24-34(32-15-7-4-8-16-32)26-48-54(40)55(41-17-9-11-19-45(41)58-48)43-27-35(29)51(49(37)44)52(36)50(38)43/h3-28H,1-2H3. The SMILES string of the molecule is Cc1cc2c3c(cc4c(C)cc5c6c(cc1c3c46)B1c3ccccc3Oc3cc(-c4ccccc4)cc-5c31)B1c3ccccc3Oc3cc(-c4ccccc4)cc-2c31. The van der Waals surface area contributed by atoms with E-state index in [9.17, 15) is 0 Å². The largest absolute Gasteiger partial charge is 0.458 e. The van der Waals surface area contributed by atoms with E-state index in [1.165, 1.54) is 121 Å². The number of para-hydroxylation sites is 2. The molecule has 0 N–H and O–H groups in total. The minimum Gasteiger partial charge on any atom is -0.458 e. The van der Waals surface area contributed by atoms with Crippen LogP contribution < -0.4 is 42.3 Å². The van der Waals surface area contributed by atoms with Crippen LogP contribution in [0.2, 0.25) is 0 Å². The summed E-state index contributed by atoms with van der Waals surface area (Å²) in [5.41, 5.74) is 20.2. The van der Waals surface area contributed by atoms with Crippen LogP contribution >= 0.6 is 0 Å². The van der Waals surface area contributed by atoms with Crippen molar-refractivity contribution >= 4 is 78.5 Å². The fourth-order valence-corrected chi connectivity index (χ4v) is 11.4. The summed E-state index contributed by atoms with van der Waals surface area (Å²) in [6.07, 6.45) is 0. The van der Waals surface area contributed by atoms with Crippen LogP contribution in [0.5, 0.6) is 23.0 Å². The molecule has 0 atom stereocenters. The van der Waals surface area contributed by atoms with Crippen molar-refractivity contribution in [2.45, 2.75) is 13.8 Å². The lowest BCUT2D eigenvalue weighted by molar-refractivity contribution is 0.487. The molecule has 4 heterocycles. The van der Waals surface area contributed by atoms with E-state index in [2.05, 4.69) is 172 Å². The third kappa shape index (κ3) is 3.86. The normalized spacial score (nSPS) is 13.6. The maximum absolute atomic E-state index is 6.87. The molecular formula is C54H32B2O2. The summed E-state index contributed by atoms with van der Waals surface area (Å²) in [5.74, 6) is 3.79. The van der Waals surface area contributed by atoms with E-state index in [1.807, 2.05) is 0 Å². The second-order valence-electron chi connectivity index (χ2n) is 16.8. The van der Waals surface area contributed by atoms with Crippen LogP contribution in [0.3, 0.4) is 0 Å². The van der Waals surface area contributed by atoms with Crippen LogP contribution in [0.25, 0.3) is 76.8 Å². The molecular weight excluding hydrogens is 702 g/mol. The molecule has 0 unspecified atom stereocenters. The smallest absolute Gasteiger partial charge is 0.252 e. The number of hydrogen-bond acceptors (Lipinski definition) is 2. The fraction of sp³-hybridized carbons (Fsp3) is 0.0370. The van der Waals surface area contributed by atoms with Crippen LogP contribution in [0.4, 0.5) is 0 Å². The van der Waals surface area contributed by atoms with Crippen LogP contribution in [0, 0.1) is 13.8 Å². The third-order valence-corrected chi connectivity index (χ3v) is 13.8. The molecule has 0 aromatic heterocycles. The van der Waals surface area contributed by atoms with Gasteiger partial charge in [0, 0.05) is 0 Å². The summed E-state index contributed by atoms with van der Waals surface area (Å²) in [6, 6.07) is 58.3. The maximum atomic E-state index is 6.87. The molecule has 14 rings (SSSR count). The predicted molar refractivity (Wildman–Crippen MR) is 244 cm³/mol. The number of ether oxygens (including phenoxy) is 2. The average Bonchev–Trinajstić information content (AvgIpc) is 3.27. The highest BCUT2D eigenvalue weighted by molar-refractivity contribution is 7.01. The second kappa shape index (κ2) is 10.9. The molecule has 2 nitrogen and oxygen atoms in total. The summed E-state index contributed by atoms with van der Waals surface area (Å²) in [4.78, 5) is 0. The summed E-state index contributed by atoms with van der Waals surface area (Å²) < 4.78 is 13.7. The number of fused-ring (bicyclic) bond motifs is 8. The minimum absolute atomic E-state index is 0.0483. The molecule has 0 fully saturated rings. The molecule has 0 bridgehead atoms. The van der Waals surface area contributed by atoms with E-state index in [0.717, 1.165) is 23.0 Å². The highest BCUT2D eigenvalue weighted by Crippen LogP contribution is 2.49. The van der Waals surface area contributed by atoms with Crippen molar-refractivity contribution in [3.63, 3.8) is 0 Å². The zero-order valence-corrected chi connectivity index (χ0v) is 32.0. The molecule has 10 aromatic rings. The summed E-state index contributed by atoms with van der Waals surface area (Å²) >= 11 is 0. The molecule has 4 heteroatoms. The first-order valence-electron chi connectivity index (χ1n) is 20.4. The van der Waals surface area contributed by atoms with Gasteiger partial charge in [-0.3, -0.25) is 0 Å². The van der Waals surface area contributed by atoms with Gasteiger partial charge in [-0.25, -0.2) is 0 Å². The van der Waals surface area contributed by atoms with Crippen molar-refractivity contribution < 1.29 is 9.47 Å². The molecule has 266 valence electrons. The Labute approximate surface area is 336 Å². The lowest BCUT2D eigenvalue weighted by Gasteiger charge is -2.37. The van der Waals surface area contributed by atoms with E-state index >= 15 is 0 Å². The monoisotopic (exact) mass is 734 g/mol. The van der Waals surface area contributed by atoms with E-state index < -0.39 is 0 Å². The van der Waals surface area contributed by atoms with Gasteiger partial charge in [-0.15, -0.1) is 0 Å². The van der Waals surface area contributed by atoms with Crippen molar-refractivity contribution in [3.8, 4) is 67.5 Å². The van der Waals surface area contributed by atoms with Crippen LogP contribution in [-0.4, -0.2) is 13.4 Å². The van der Waals surface area contributed by atoms with Gasteiger partial charge in [-0.1, -0.05) is 132 Å². The van der Waals surface area contributed by atoms with Gasteiger partial charge in [0.05, 0.1) is 0 Å². The van der Waals surface area contributed by atoms with Crippen molar-refractivity contribution in [3.05, 3.63) is 169 Å². The van der Waals surface area contributed by atoms with Crippen molar-refractivity contribution in [2.24, 2.45) is 0 Å². The second-order valence-corrected chi connectivity index (χ2v) is 16.8. The van der Waals surface area contributed by atoms with Gasteiger partial charge in [0.2, 0.25) is 0 Å². The molecule has 0 saturated heterocycles. The Morgan fingerprint density at radius 1 is 0.328 bits per heavy atom. The Bertz CT molecular complexity index is 3250. The Morgan fingerprint density at radius 3 is 1.19 bits per heavy atom. The average molecular weight is 734 g/mol. The lowest BCUT2D eigenvalue weighted by Crippen LogP contribution is -2.58. The molecule has 58 heavy (non-hydrogen) atoms. The van der Waals surface area contributed by atoms with Crippen molar-refractivity contribution in [1.29, 1.82) is 0 Å². The van der Waals surface area contributed by atoms with Crippen molar-refractivity contribution in [2.75, 3.05) is 0 Å². The first kappa shape index (κ1) is 31.1. The third-order valence-electron chi connectivity index (χ3n) is 13.8. The summed E-state index contributed by atoms with van der Waals surface area (Å²) in [5, 5.41) is 8.19. The predicted octanol–water partition coefficient (Wildman–Crippen LogP) is 9.74. The number of rotatable bonds is 2.